The number of esters is 1. The maximum atomic E-state index is 11.8. The first-order valence-corrected chi connectivity index (χ1v) is 8.94. The summed E-state index contributed by atoms with van der Waals surface area (Å²) in [5.74, 6) is 0.556. The highest BCUT2D eigenvalue weighted by Crippen LogP contribution is 2.20. The molecule has 8 nitrogen and oxygen atoms in total. The number of aryl methyl sites for hydroxylation is 1. The Morgan fingerprint density at radius 2 is 2.00 bits per heavy atom. The Balaban J connectivity index is 1.40. The predicted molar refractivity (Wildman–Crippen MR) is 103 cm³/mol. The molecule has 0 unspecified atom stereocenters. The van der Waals surface area contributed by atoms with Gasteiger partial charge in [-0.25, -0.2) is 4.79 Å². The Labute approximate surface area is 162 Å². The molecule has 0 saturated heterocycles. The molecule has 0 saturated carbocycles. The standard InChI is InChI=1S/C20H22N4O4/c1-14-12-16(21-2)13-22-18(14)19-23-17(28-24-19)8-9-26-10-11-27-20(25)15-6-4-3-5-7-15/h3-7,12-13,21H,8-11H2,1-2H3. The van der Waals surface area contributed by atoms with Gasteiger partial charge in [-0.2, -0.15) is 4.98 Å². The lowest BCUT2D eigenvalue weighted by molar-refractivity contribution is 0.0315. The Morgan fingerprint density at radius 3 is 2.75 bits per heavy atom. The van der Waals surface area contributed by atoms with Gasteiger partial charge in [0.15, 0.2) is 0 Å². The largest absolute Gasteiger partial charge is 0.460 e. The first kappa shape index (κ1) is 19.5. The number of aromatic nitrogens is 3. The molecule has 3 rings (SSSR count). The Bertz CT molecular complexity index is 912. The first-order valence-electron chi connectivity index (χ1n) is 8.94. The second-order valence-corrected chi connectivity index (χ2v) is 6.02. The van der Waals surface area contributed by atoms with Crippen LogP contribution in [0.1, 0.15) is 21.8 Å². The van der Waals surface area contributed by atoms with E-state index in [1.807, 2.05) is 26.1 Å². The molecule has 8 heteroatoms. The van der Waals surface area contributed by atoms with Gasteiger partial charge >= 0.3 is 5.97 Å². The van der Waals surface area contributed by atoms with Crippen LogP contribution in [0.25, 0.3) is 11.5 Å². The van der Waals surface area contributed by atoms with Gasteiger partial charge in [0.05, 0.1) is 37.1 Å². The van der Waals surface area contributed by atoms with Crippen molar-refractivity contribution < 1.29 is 18.8 Å². The Hall–Kier alpha value is -3.26. The van der Waals surface area contributed by atoms with E-state index < -0.39 is 0 Å². The van der Waals surface area contributed by atoms with Gasteiger partial charge in [-0.3, -0.25) is 4.98 Å². The number of rotatable bonds is 9. The van der Waals surface area contributed by atoms with E-state index in [-0.39, 0.29) is 12.6 Å². The molecule has 2 aromatic heterocycles. The molecule has 1 N–H and O–H groups in total. The van der Waals surface area contributed by atoms with Crippen LogP contribution in [0.3, 0.4) is 0 Å². The lowest BCUT2D eigenvalue weighted by Gasteiger charge is -2.05. The zero-order valence-corrected chi connectivity index (χ0v) is 15.8. The van der Waals surface area contributed by atoms with Crippen LogP contribution in [0.5, 0.6) is 0 Å². The summed E-state index contributed by atoms with van der Waals surface area (Å²) in [5, 5.41) is 7.02. The molecule has 146 valence electrons. The number of carbonyl (C=O) groups excluding carboxylic acids is 1. The topological polar surface area (TPSA) is 99.4 Å². The third-order valence-corrected chi connectivity index (χ3v) is 3.98. The maximum absolute atomic E-state index is 11.8. The molecule has 0 aliphatic rings. The van der Waals surface area contributed by atoms with E-state index in [2.05, 4.69) is 20.4 Å². The van der Waals surface area contributed by atoms with Crippen molar-refractivity contribution in [1.29, 1.82) is 0 Å². The first-order chi connectivity index (χ1) is 13.7. The number of ether oxygens (including phenoxy) is 2. The van der Waals surface area contributed by atoms with Gasteiger partial charge in [0.1, 0.15) is 12.3 Å². The lowest BCUT2D eigenvalue weighted by atomic mass is 10.2. The number of pyridine rings is 1. The molecule has 0 aliphatic carbocycles. The molecular weight excluding hydrogens is 360 g/mol. The van der Waals surface area contributed by atoms with Crippen molar-refractivity contribution in [1.82, 2.24) is 15.1 Å². The quantitative estimate of drug-likeness (QED) is 0.445. The molecule has 0 atom stereocenters. The normalized spacial score (nSPS) is 10.6. The molecule has 0 radical (unpaired) electrons. The number of hydrogen-bond donors (Lipinski definition) is 1. The monoisotopic (exact) mass is 382 g/mol. The van der Waals surface area contributed by atoms with E-state index in [4.69, 9.17) is 14.0 Å². The van der Waals surface area contributed by atoms with Crippen molar-refractivity contribution in [2.45, 2.75) is 13.3 Å². The molecular formula is C20H22N4O4. The summed E-state index contributed by atoms with van der Waals surface area (Å²) in [5.41, 5.74) is 3.08. The van der Waals surface area contributed by atoms with Gasteiger partial charge in [-0.05, 0) is 30.7 Å². The molecule has 2 heterocycles. The summed E-state index contributed by atoms with van der Waals surface area (Å²) in [6.45, 7) is 2.81. The number of hydrogen-bond acceptors (Lipinski definition) is 8. The lowest BCUT2D eigenvalue weighted by Crippen LogP contribution is -2.11. The molecule has 3 aromatic rings. The molecule has 0 aliphatic heterocycles. The number of nitrogens with one attached hydrogen (secondary N) is 1. The molecule has 0 fully saturated rings. The summed E-state index contributed by atoms with van der Waals surface area (Å²) >= 11 is 0. The van der Waals surface area contributed by atoms with Crippen LogP contribution < -0.4 is 5.32 Å². The van der Waals surface area contributed by atoms with Crippen LogP contribution in [0.4, 0.5) is 5.69 Å². The van der Waals surface area contributed by atoms with E-state index in [1.165, 1.54) is 0 Å². The van der Waals surface area contributed by atoms with Crippen LogP contribution in [-0.2, 0) is 15.9 Å². The van der Waals surface area contributed by atoms with Crippen LogP contribution >= 0.6 is 0 Å². The van der Waals surface area contributed by atoms with Crippen LogP contribution in [0.2, 0.25) is 0 Å². The summed E-state index contributed by atoms with van der Waals surface area (Å²) in [6.07, 6.45) is 2.19. The SMILES string of the molecule is CNc1cnc(-c2noc(CCOCCOC(=O)c3ccccc3)n2)c(C)c1. The van der Waals surface area contributed by atoms with Gasteiger partial charge in [0, 0.05) is 7.05 Å². The van der Waals surface area contributed by atoms with E-state index in [0.717, 1.165) is 11.3 Å². The number of carbonyl (C=O) groups is 1. The minimum absolute atomic E-state index is 0.184. The highest BCUT2D eigenvalue weighted by atomic mass is 16.6. The zero-order valence-electron chi connectivity index (χ0n) is 15.8. The number of nitrogens with zero attached hydrogens (tertiary/aromatic N) is 3. The van der Waals surface area contributed by atoms with Crippen LogP contribution in [0, 0.1) is 6.92 Å². The average molecular weight is 382 g/mol. The highest BCUT2D eigenvalue weighted by molar-refractivity contribution is 5.89. The number of benzene rings is 1. The van der Waals surface area contributed by atoms with Crippen molar-refractivity contribution >= 4 is 11.7 Å². The van der Waals surface area contributed by atoms with Crippen molar-refractivity contribution in [3.63, 3.8) is 0 Å². The molecule has 0 amide bonds. The molecule has 1 aromatic carbocycles. The van der Waals surface area contributed by atoms with Gasteiger partial charge in [-0.15, -0.1) is 0 Å². The van der Waals surface area contributed by atoms with E-state index in [9.17, 15) is 4.79 Å². The average Bonchev–Trinajstić information content (AvgIpc) is 3.19. The van der Waals surface area contributed by atoms with Crippen molar-refractivity contribution in [3.05, 3.63) is 59.6 Å². The Kier molecular flexibility index (Phi) is 6.69. The fourth-order valence-corrected chi connectivity index (χ4v) is 2.51. The third-order valence-electron chi connectivity index (χ3n) is 3.98. The van der Waals surface area contributed by atoms with Gasteiger partial charge < -0.3 is 19.3 Å². The Morgan fingerprint density at radius 1 is 1.18 bits per heavy atom. The summed E-state index contributed by atoms with van der Waals surface area (Å²) in [4.78, 5) is 20.5. The fourth-order valence-electron chi connectivity index (χ4n) is 2.51. The minimum Gasteiger partial charge on any atom is -0.460 e. The fraction of sp³-hybridized carbons (Fsp3) is 0.300. The van der Waals surface area contributed by atoms with Crippen molar-refractivity contribution in [3.8, 4) is 11.5 Å². The number of anilines is 1. The predicted octanol–water partition coefficient (Wildman–Crippen LogP) is 2.90. The minimum atomic E-state index is -0.363. The van der Waals surface area contributed by atoms with E-state index in [0.29, 0.717) is 42.6 Å². The second-order valence-electron chi connectivity index (χ2n) is 6.02. The van der Waals surface area contributed by atoms with Gasteiger partial charge in [0.2, 0.25) is 11.7 Å². The van der Waals surface area contributed by atoms with Gasteiger partial charge in [0.25, 0.3) is 0 Å². The van der Waals surface area contributed by atoms with E-state index in [1.54, 1.807) is 30.5 Å². The van der Waals surface area contributed by atoms with Crippen molar-refractivity contribution in [2.24, 2.45) is 0 Å². The van der Waals surface area contributed by atoms with Crippen LogP contribution in [0.15, 0.2) is 47.1 Å². The molecule has 0 spiro atoms. The maximum Gasteiger partial charge on any atom is 0.338 e. The third kappa shape index (κ3) is 5.14. The van der Waals surface area contributed by atoms with Crippen molar-refractivity contribution in [2.75, 3.05) is 32.2 Å². The molecule has 0 bridgehead atoms. The van der Waals surface area contributed by atoms with Gasteiger partial charge in [-0.1, -0.05) is 23.4 Å². The second kappa shape index (κ2) is 9.61. The zero-order chi connectivity index (χ0) is 19.8. The summed E-state index contributed by atoms with van der Waals surface area (Å²) in [6, 6.07) is 10.8. The molecule has 28 heavy (non-hydrogen) atoms. The van der Waals surface area contributed by atoms with E-state index >= 15 is 0 Å². The summed E-state index contributed by atoms with van der Waals surface area (Å²) in [7, 11) is 1.84. The smallest absolute Gasteiger partial charge is 0.338 e. The summed E-state index contributed by atoms with van der Waals surface area (Å²) < 4.78 is 15.9. The highest BCUT2D eigenvalue weighted by Gasteiger charge is 2.13. The van der Waals surface area contributed by atoms with Crippen LogP contribution in [-0.4, -0.2) is 48.0 Å².